The van der Waals surface area contributed by atoms with Crippen LogP contribution in [0.2, 0.25) is 10.0 Å². The van der Waals surface area contributed by atoms with E-state index in [0.717, 1.165) is 5.56 Å². The molecule has 0 saturated carbocycles. The molecule has 0 unspecified atom stereocenters. The molecular weight excluding hydrogens is 445 g/mol. The van der Waals surface area contributed by atoms with Gasteiger partial charge in [0, 0.05) is 34.5 Å². The van der Waals surface area contributed by atoms with Gasteiger partial charge >= 0.3 is 0 Å². The number of carbonyl (C=O) groups excluding carboxylic acids is 1. The van der Waals surface area contributed by atoms with E-state index in [1.807, 2.05) is 0 Å². The van der Waals surface area contributed by atoms with E-state index in [2.05, 4.69) is 15.4 Å². The van der Waals surface area contributed by atoms with Crippen LogP contribution in [-0.2, 0) is 6.54 Å². The molecular formula is C22H12Cl2F2N4O. The van der Waals surface area contributed by atoms with Crippen molar-refractivity contribution >= 4 is 29.1 Å². The third-order valence-electron chi connectivity index (χ3n) is 4.98. The molecule has 0 aliphatic carbocycles. The number of benzene rings is 2. The van der Waals surface area contributed by atoms with E-state index < -0.39 is 11.6 Å². The quantitative estimate of drug-likeness (QED) is 0.447. The Hall–Kier alpha value is -3.29. The predicted octanol–water partition coefficient (Wildman–Crippen LogP) is 5.43. The van der Waals surface area contributed by atoms with Gasteiger partial charge in [-0.05, 0) is 48.5 Å². The summed E-state index contributed by atoms with van der Waals surface area (Å²) in [7, 11) is 0. The largest absolute Gasteiger partial charge is 0.348 e. The number of hydrogen-bond donors (Lipinski definition) is 1. The summed E-state index contributed by atoms with van der Waals surface area (Å²) in [5, 5.41) is 7.54. The number of nitrogens with one attached hydrogen (secondary N) is 1. The summed E-state index contributed by atoms with van der Waals surface area (Å²) in [6, 6.07) is 11.6. The van der Waals surface area contributed by atoms with Gasteiger partial charge in [-0.15, -0.1) is 0 Å². The highest BCUT2D eigenvalue weighted by molar-refractivity contribution is 6.31. The second-order valence-corrected chi connectivity index (χ2v) is 7.80. The molecule has 0 fully saturated rings. The lowest BCUT2D eigenvalue weighted by molar-refractivity contribution is 0.0965. The molecule has 9 heteroatoms. The van der Waals surface area contributed by atoms with Crippen molar-refractivity contribution in [3.8, 4) is 28.3 Å². The Kier molecular flexibility index (Phi) is 4.72. The zero-order chi connectivity index (χ0) is 21.7. The average molecular weight is 457 g/mol. The fraction of sp³-hybridized carbons (Fsp3) is 0.0455. The summed E-state index contributed by atoms with van der Waals surface area (Å²) in [4.78, 5) is 16.4. The molecule has 1 N–H and O–H groups in total. The summed E-state index contributed by atoms with van der Waals surface area (Å²) < 4.78 is 29.3. The van der Waals surface area contributed by atoms with Crippen LogP contribution < -0.4 is 5.32 Å². The van der Waals surface area contributed by atoms with Crippen LogP contribution in [0.3, 0.4) is 0 Å². The Morgan fingerprint density at radius 2 is 1.87 bits per heavy atom. The average Bonchev–Trinajstić information content (AvgIpc) is 3.34. The van der Waals surface area contributed by atoms with Crippen molar-refractivity contribution in [3.05, 3.63) is 87.5 Å². The van der Waals surface area contributed by atoms with Crippen LogP contribution in [0.4, 0.5) is 8.78 Å². The first-order valence-corrected chi connectivity index (χ1v) is 9.95. The van der Waals surface area contributed by atoms with E-state index >= 15 is 0 Å². The Labute approximate surface area is 185 Å². The molecule has 3 heterocycles. The fourth-order valence-corrected chi connectivity index (χ4v) is 3.98. The van der Waals surface area contributed by atoms with Crippen LogP contribution >= 0.6 is 23.2 Å². The molecule has 0 saturated heterocycles. The van der Waals surface area contributed by atoms with Gasteiger partial charge in [0.2, 0.25) is 0 Å². The summed E-state index contributed by atoms with van der Waals surface area (Å²) in [6.07, 6.45) is 1.53. The highest BCUT2D eigenvalue weighted by Gasteiger charge is 2.25. The Morgan fingerprint density at radius 3 is 2.65 bits per heavy atom. The lowest BCUT2D eigenvalue weighted by Gasteiger charge is -2.09. The predicted molar refractivity (Wildman–Crippen MR) is 113 cm³/mol. The van der Waals surface area contributed by atoms with Crippen molar-refractivity contribution in [2.24, 2.45) is 0 Å². The first-order valence-electron chi connectivity index (χ1n) is 9.19. The number of halogens is 4. The first kappa shape index (κ1) is 19.7. The Bertz CT molecular complexity index is 1350. The van der Waals surface area contributed by atoms with Crippen molar-refractivity contribution in [2.75, 3.05) is 0 Å². The molecule has 0 spiro atoms. The molecule has 31 heavy (non-hydrogen) atoms. The number of carbonyl (C=O) groups is 1. The van der Waals surface area contributed by atoms with Crippen LogP contribution in [-0.4, -0.2) is 20.7 Å². The topological polar surface area (TPSA) is 59.8 Å². The molecule has 1 aliphatic heterocycles. The number of pyridine rings is 1. The van der Waals surface area contributed by atoms with Crippen molar-refractivity contribution in [3.63, 3.8) is 0 Å². The zero-order valence-corrected chi connectivity index (χ0v) is 17.2. The van der Waals surface area contributed by atoms with Gasteiger partial charge in [-0.3, -0.25) is 9.78 Å². The van der Waals surface area contributed by atoms with E-state index in [1.54, 1.807) is 18.2 Å². The van der Waals surface area contributed by atoms with Gasteiger partial charge in [-0.25, -0.2) is 13.5 Å². The van der Waals surface area contributed by atoms with Gasteiger partial charge < -0.3 is 5.32 Å². The summed E-state index contributed by atoms with van der Waals surface area (Å²) in [5.74, 6) is -1.26. The van der Waals surface area contributed by atoms with Crippen LogP contribution in [0, 0.1) is 11.6 Å². The number of fused-ring (bicyclic) bond motifs is 1. The van der Waals surface area contributed by atoms with Gasteiger partial charge in [0.1, 0.15) is 17.3 Å². The summed E-state index contributed by atoms with van der Waals surface area (Å²) in [6.45, 7) is 0.327. The van der Waals surface area contributed by atoms with Crippen LogP contribution in [0.1, 0.15) is 15.9 Å². The van der Waals surface area contributed by atoms with Crippen molar-refractivity contribution in [1.82, 2.24) is 20.1 Å². The van der Waals surface area contributed by atoms with Gasteiger partial charge in [0.05, 0.1) is 22.1 Å². The molecule has 154 valence electrons. The van der Waals surface area contributed by atoms with Crippen LogP contribution in [0.25, 0.3) is 28.3 Å². The molecule has 2 aromatic carbocycles. The maximum Gasteiger partial charge on any atom is 0.252 e. The van der Waals surface area contributed by atoms with Crippen LogP contribution in [0.15, 0.2) is 54.7 Å². The first-order chi connectivity index (χ1) is 14.9. The van der Waals surface area contributed by atoms with E-state index in [-0.39, 0.29) is 16.0 Å². The van der Waals surface area contributed by atoms with E-state index in [9.17, 15) is 13.6 Å². The van der Waals surface area contributed by atoms with Crippen molar-refractivity contribution < 1.29 is 13.6 Å². The van der Waals surface area contributed by atoms with Crippen molar-refractivity contribution in [1.29, 1.82) is 0 Å². The van der Waals surface area contributed by atoms with E-state index in [4.69, 9.17) is 23.2 Å². The number of amides is 1. The minimum Gasteiger partial charge on any atom is -0.348 e. The minimum atomic E-state index is -0.569. The Balaban J connectivity index is 1.75. The summed E-state index contributed by atoms with van der Waals surface area (Å²) >= 11 is 12.0. The van der Waals surface area contributed by atoms with Gasteiger partial charge in [-0.2, -0.15) is 5.10 Å². The monoisotopic (exact) mass is 456 g/mol. The van der Waals surface area contributed by atoms with Gasteiger partial charge in [0.25, 0.3) is 5.91 Å². The highest BCUT2D eigenvalue weighted by atomic mass is 35.5. The second-order valence-electron chi connectivity index (χ2n) is 6.95. The minimum absolute atomic E-state index is 0.0775. The smallest absolute Gasteiger partial charge is 0.252 e. The van der Waals surface area contributed by atoms with E-state index in [0.29, 0.717) is 40.4 Å². The SMILES string of the molecule is O=C1NCc2c1ccnc2-c1cc(-c2cc(F)cc(Cl)c2)n(-c2ccc(F)c(Cl)c2)n1. The van der Waals surface area contributed by atoms with Gasteiger partial charge in [0.15, 0.2) is 0 Å². The van der Waals surface area contributed by atoms with Gasteiger partial charge in [-0.1, -0.05) is 23.2 Å². The maximum absolute atomic E-state index is 14.1. The third kappa shape index (κ3) is 3.45. The summed E-state index contributed by atoms with van der Waals surface area (Å²) in [5.41, 5.74) is 3.66. The normalized spacial score (nSPS) is 12.7. The molecule has 5 nitrogen and oxygen atoms in total. The number of hydrogen-bond acceptors (Lipinski definition) is 3. The molecule has 0 bridgehead atoms. The van der Waals surface area contributed by atoms with Crippen LogP contribution in [0.5, 0.6) is 0 Å². The van der Waals surface area contributed by atoms with E-state index in [1.165, 1.54) is 41.2 Å². The zero-order valence-electron chi connectivity index (χ0n) is 15.7. The number of rotatable bonds is 3. The van der Waals surface area contributed by atoms with Crippen molar-refractivity contribution in [2.45, 2.75) is 6.54 Å². The molecule has 2 aromatic heterocycles. The molecule has 1 amide bonds. The molecule has 0 radical (unpaired) electrons. The molecule has 4 aromatic rings. The maximum atomic E-state index is 14.1. The highest BCUT2D eigenvalue weighted by Crippen LogP contribution is 2.33. The standard InChI is InChI=1S/C22H12Cl2F2N4O/c23-12-5-11(6-13(25)7-12)20-9-19(21-16-10-28-22(31)15(16)3-4-27-21)29-30(20)14-1-2-18(26)17(24)8-14/h1-9H,10H2,(H,28,31). The third-order valence-corrected chi connectivity index (χ3v) is 5.49. The number of aromatic nitrogens is 3. The lowest BCUT2D eigenvalue weighted by Crippen LogP contribution is -2.12. The Morgan fingerprint density at radius 1 is 1.03 bits per heavy atom. The molecule has 5 rings (SSSR count). The lowest BCUT2D eigenvalue weighted by atomic mass is 10.1. The fourth-order valence-electron chi connectivity index (χ4n) is 3.59. The second kappa shape index (κ2) is 7.44. The molecule has 1 aliphatic rings. The molecule has 0 atom stereocenters. The number of nitrogens with zero attached hydrogens (tertiary/aromatic N) is 3.